The SMILES string of the molecule is O=C(O)CCCC(C(=O)O)c1cccccc2ccccccc1-2. The van der Waals surface area contributed by atoms with E-state index in [0.29, 0.717) is 12.0 Å². The standard InChI is InChI=1S/C20H20O4/c21-19(22)14-8-13-18(20(23)24)17-12-7-3-5-10-15-9-4-1-2-6-11-16(15)17/h1-7,9-12,18H,8,13-14H2,(H,21,22)(H,23,24). The molecule has 2 rings (SSSR count). The minimum Gasteiger partial charge on any atom is -0.481 e. The van der Waals surface area contributed by atoms with Crippen molar-refractivity contribution in [3.05, 3.63) is 72.3 Å². The van der Waals surface area contributed by atoms with Gasteiger partial charge in [0.25, 0.3) is 0 Å². The maximum atomic E-state index is 11.8. The summed E-state index contributed by atoms with van der Waals surface area (Å²) < 4.78 is 0. The Morgan fingerprint density at radius 1 is 0.833 bits per heavy atom. The lowest BCUT2D eigenvalue weighted by Gasteiger charge is -2.16. The van der Waals surface area contributed by atoms with Crippen LogP contribution in [-0.2, 0) is 9.59 Å². The van der Waals surface area contributed by atoms with E-state index in [1.54, 1.807) is 0 Å². The van der Waals surface area contributed by atoms with Crippen molar-refractivity contribution in [2.75, 3.05) is 0 Å². The minimum absolute atomic E-state index is 0.0306. The fourth-order valence-corrected chi connectivity index (χ4v) is 2.68. The highest BCUT2D eigenvalue weighted by Crippen LogP contribution is 2.31. The summed E-state index contributed by atoms with van der Waals surface area (Å²) in [7, 11) is 0. The zero-order chi connectivity index (χ0) is 17.4. The molecule has 1 unspecified atom stereocenters. The Morgan fingerprint density at radius 2 is 1.42 bits per heavy atom. The Kier molecular flexibility index (Phi) is 6.32. The second-order valence-electron chi connectivity index (χ2n) is 5.51. The van der Waals surface area contributed by atoms with Crippen LogP contribution in [0, 0.1) is 0 Å². The van der Waals surface area contributed by atoms with Crippen LogP contribution < -0.4 is 0 Å². The monoisotopic (exact) mass is 324 g/mol. The molecule has 4 heteroatoms. The first-order valence-corrected chi connectivity index (χ1v) is 7.85. The molecule has 124 valence electrons. The fraction of sp³-hybridized carbons (Fsp3) is 0.200. The third-order valence-electron chi connectivity index (χ3n) is 3.82. The van der Waals surface area contributed by atoms with Crippen molar-refractivity contribution in [1.82, 2.24) is 0 Å². The van der Waals surface area contributed by atoms with Crippen LogP contribution in [0.2, 0.25) is 0 Å². The van der Waals surface area contributed by atoms with E-state index in [-0.39, 0.29) is 12.8 Å². The molecule has 0 bridgehead atoms. The van der Waals surface area contributed by atoms with Crippen molar-refractivity contribution in [3.63, 3.8) is 0 Å². The summed E-state index contributed by atoms with van der Waals surface area (Å²) in [5.74, 6) is -2.59. The predicted octanol–water partition coefficient (Wildman–Crippen LogP) is 4.34. The van der Waals surface area contributed by atoms with Crippen molar-refractivity contribution in [2.24, 2.45) is 0 Å². The summed E-state index contributed by atoms with van der Waals surface area (Å²) in [5, 5.41) is 18.5. The molecule has 0 spiro atoms. The van der Waals surface area contributed by atoms with Crippen LogP contribution in [0.5, 0.6) is 0 Å². The average molecular weight is 324 g/mol. The molecule has 0 aliphatic heterocycles. The van der Waals surface area contributed by atoms with Gasteiger partial charge in [-0.15, -0.1) is 0 Å². The molecule has 24 heavy (non-hydrogen) atoms. The third kappa shape index (κ3) is 4.81. The summed E-state index contributed by atoms with van der Waals surface area (Å²) in [6, 6.07) is 20.7. The molecule has 0 heterocycles. The van der Waals surface area contributed by atoms with Crippen molar-refractivity contribution in [2.45, 2.75) is 25.2 Å². The lowest BCUT2D eigenvalue weighted by atomic mass is 9.88. The summed E-state index contributed by atoms with van der Waals surface area (Å²) in [6.45, 7) is 0. The number of aliphatic carboxylic acids is 2. The van der Waals surface area contributed by atoms with Gasteiger partial charge in [-0.2, -0.15) is 0 Å². The van der Waals surface area contributed by atoms with Gasteiger partial charge in [-0.05, 0) is 29.5 Å². The summed E-state index contributed by atoms with van der Waals surface area (Å²) in [4.78, 5) is 22.5. The first-order valence-electron chi connectivity index (χ1n) is 7.85. The molecule has 0 aromatic carbocycles. The molecule has 1 atom stereocenters. The van der Waals surface area contributed by atoms with Crippen LogP contribution >= 0.6 is 0 Å². The first kappa shape index (κ1) is 17.5. The van der Waals surface area contributed by atoms with Gasteiger partial charge in [-0.3, -0.25) is 9.59 Å². The Hall–Kier alpha value is -2.88. The zero-order valence-electron chi connectivity index (χ0n) is 13.3. The van der Waals surface area contributed by atoms with Gasteiger partial charge < -0.3 is 10.2 Å². The molecule has 0 amide bonds. The van der Waals surface area contributed by atoms with Gasteiger partial charge >= 0.3 is 11.9 Å². The van der Waals surface area contributed by atoms with Crippen LogP contribution in [0.25, 0.3) is 11.1 Å². The Balaban J connectivity index is 2.53. The predicted molar refractivity (Wildman–Crippen MR) is 92.6 cm³/mol. The van der Waals surface area contributed by atoms with Crippen LogP contribution in [0.3, 0.4) is 0 Å². The average Bonchev–Trinajstić information content (AvgIpc) is 2.48. The summed E-state index contributed by atoms with van der Waals surface area (Å²) in [6.07, 6.45) is 0.581. The largest absolute Gasteiger partial charge is 0.481 e. The molecule has 2 N–H and O–H groups in total. The van der Waals surface area contributed by atoms with Crippen molar-refractivity contribution < 1.29 is 19.8 Å². The molecular formula is C20H20O4. The summed E-state index contributed by atoms with van der Waals surface area (Å²) in [5.41, 5.74) is 2.47. The lowest BCUT2D eigenvalue weighted by molar-refractivity contribution is -0.140. The minimum atomic E-state index is -0.938. The first-order chi connectivity index (χ1) is 11.6. The molecule has 2 aliphatic rings. The normalized spacial score (nSPS) is 11.5. The number of carbonyl (C=O) groups is 2. The Morgan fingerprint density at radius 3 is 2.04 bits per heavy atom. The lowest BCUT2D eigenvalue weighted by Crippen LogP contribution is -2.13. The zero-order valence-corrected chi connectivity index (χ0v) is 13.3. The van der Waals surface area contributed by atoms with E-state index in [0.717, 1.165) is 11.1 Å². The number of carboxylic acids is 2. The van der Waals surface area contributed by atoms with E-state index in [9.17, 15) is 14.7 Å². The van der Waals surface area contributed by atoms with E-state index in [2.05, 4.69) is 0 Å². The van der Waals surface area contributed by atoms with Crippen LogP contribution in [0.15, 0.2) is 66.7 Å². The van der Waals surface area contributed by atoms with E-state index in [4.69, 9.17) is 5.11 Å². The van der Waals surface area contributed by atoms with Crippen molar-refractivity contribution in [1.29, 1.82) is 0 Å². The Labute approximate surface area is 141 Å². The van der Waals surface area contributed by atoms with Gasteiger partial charge in [0, 0.05) is 6.42 Å². The van der Waals surface area contributed by atoms with Gasteiger partial charge in [0.1, 0.15) is 0 Å². The maximum absolute atomic E-state index is 11.8. The number of hydrogen-bond donors (Lipinski definition) is 2. The van der Waals surface area contributed by atoms with Crippen molar-refractivity contribution >= 4 is 11.9 Å². The second-order valence-corrected chi connectivity index (χ2v) is 5.51. The van der Waals surface area contributed by atoms with Gasteiger partial charge in [0.15, 0.2) is 0 Å². The second kappa shape index (κ2) is 8.67. The smallest absolute Gasteiger partial charge is 0.310 e. The molecule has 0 aromatic heterocycles. The highest BCUT2D eigenvalue weighted by atomic mass is 16.4. The maximum Gasteiger partial charge on any atom is 0.310 e. The van der Waals surface area contributed by atoms with Crippen LogP contribution in [-0.4, -0.2) is 22.2 Å². The molecule has 4 nitrogen and oxygen atoms in total. The van der Waals surface area contributed by atoms with Crippen LogP contribution in [0.4, 0.5) is 0 Å². The van der Waals surface area contributed by atoms with Gasteiger partial charge in [0.2, 0.25) is 0 Å². The molecule has 0 fully saturated rings. The number of fused-ring (bicyclic) bond motifs is 1. The van der Waals surface area contributed by atoms with E-state index in [1.807, 2.05) is 66.7 Å². The highest BCUT2D eigenvalue weighted by molar-refractivity contribution is 5.81. The molecular weight excluding hydrogens is 304 g/mol. The fourth-order valence-electron chi connectivity index (χ4n) is 2.68. The quantitative estimate of drug-likeness (QED) is 0.829. The van der Waals surface area contributed by atoms with Gasteiger partial charge in [-0.1, -0.05) is 66.7 Å². The van der Waals surface area contributed by atoms with E-state index < -0.39 is 17.9 Å². The molecule has 0 aromatic rings. The molecule has 0 saturated carbocycles. The number of hydrogen-bond acceptors (Lipinski definition) is 2. The van der Waals surface area contributed by atoms with E-state index >= 15 is 0 Å². The van der Waals surface area contributed by atoms with E-state index in [1.165, 1.54) is 0 Å². The highest BCUT2D eigenvalue weighted by Gasteiger charge is 2.22. The van der Waals surface area contributed by atoms with Gasteiger partial charge in [0.05, 0.1) is 5.92 Å². The third-order valence-corrected chi connectivity index (χ3v) is 3.82. The molecule has 2 aliphatic carbocycles. The summed E-state index contributed by atoms with van der Waals surface area (Å²) >= 11 is 0. The number of carboxylic acid groups (broad SMARTS) is 2. The van der Waals surface area contributed by atoms with Crippen molar-refractivity contribution in [3.8, 4) is 11.1 Å². The van der Waals surface area contributed by atoms with Gasteiger partial charge in [-0.25, -0.2) is 0 Å². The Bertz CT molecular complexity index is 733. The molecule has 0 radical (unpaired) electrons. The van der Waals surface area contributed by atoms with Crippen LogP contribution in [0.1, 0.15) is 30.7 Å². The topological polar surface area (TPSA) is 74.6 Å². The number of rotatable bonds is 6. The molecule has 0 saturated heterocycles.